The van der Waals surface area contributed by atoms with E-state index in [4.69, 9.17) is 11.6 Å². The number of nitrogens with zero attached hydrogens (tertiary/aromatic N) is 1. The number of carbonyl (C=O) groups excluding carboxylic acids is 2. The van der Waals surface area contributed by atoms with Crippen LogP contribution in [0.5, 0.6) is 0 Å². The molecule has 1 heterocycles. The molecule has 0 aliphatic heterocycles. The van der Waals surface area contributed by atoms with Crippen LogP contribution in [0, 0.1) is 0 Å². The molecule has 0 fully saturated rings. The SMILES string of the molecule is CC(=O)c1ccccc1Cl.CC(O)c1ccccc1N(C=O)CCc1c[nH]c2ccccc12. The second-order valence-corrected chi connectivity index (χ2v) is 8.09. The van der Waals surface area contributed by atoms with Gasteiger partial charge in [0, 0.05) is 40.5 Å². The Balaban J connectivity index is 0.000000257. The van der Waals surface area contributed by atoms with Gasteiger partial charge in [-0.2, -0.15) is 0 Å². The van der Waals surface area contributed by atoms with Crippen LogP contribution in [0.15, 0.2) is 79.0 Å². The van der Waals surface area contributed by atoms with Gasteiger partial charge < -0.3 is 15.0 Å². The number of para-hydroxylation sites is 2. The zero-order valence-corrected chi connectivity index (χ0v) is 19.4. The predicted molar refractivity (Wildman–Crippen MR) is 134 cm³/mol. The highest BCUT2D eigenvalue weighted by Crippen LogP contribution is 2.26. The van der Waals surface area contributed by atoms with Gasteiger partial charge in [-0.25, -0.2) is 0 Å². The van der Waals surface area contributed by atoms with Gasteiger partial charge in [-0.1, -0.05) is 60.1 Å². The van der Waals surface area contributed by atoms with Gasteiger partial charge in [0.05, 0.1) is 11.1 Å². The summed E-state index contributed by atoms with van der Waals surface area (Å²) in [5.74, 6) is 0.00519. The van der Waals surface area contributed by atoms with E-state index in [0.717, 1.165) is 29.6 Å². The summed E-state index contributed by atoms with van der Waals surface area (Å²) in [6.45, 7) is 3.78. The largest absolute Gasteiger partial charge is 0.389 e. The van der Waals surface area contributed by atoms with Crippen molar-refractivity contribution < 1.29 is 14.7 Å². The van der Waals surface area contributed by atoms with Crippen LogP contribution in [-0.4, -0.2) is 28.8 Å². The second-order valence-electron chi connectivity index (χ2n) is 7.68. The first-order chi connectivity index (χ1) is 15.9. The van der Waals surface area contributed by atoms with Crippen LogP contribution in [0.1, 0.15) is 41.4 Å². The molecular formula is C27H27ClN2O3. The predicted octanol–water partition coefficient (Wildman–Crippen LogP) is 5.97. The number of hydrogen-bond acceptors (Lipinski definition) is 3. The van der Waals surface area contributed by atoms with E-state index in [1.54, 1.807) is 36.1 Å². The molecule has 0 saturated heterocycles. The summed E-state index contributed by atoms with van der Waals surface area (Å²) in [6.07, 6.45) is 2.96. The molecule has 1 aromatic heterocycles. The minimum atomic E-state index is -0.610. The first-order valence-electron chi connectivity index (χ1n) is 10.7. The number of amides is 1. The van der Waals surface area contributed by atoms with Gasteiger partial charge in [-0.15, -0.1) is 0 Å². The highest BCUT2D eigenvalue weighted by Gasteiger charge is 2.14. The lowest BCUT2D eigenvalue weighted by molar-refractivity contribution is -0.107. The molecule has 0 radical (unpaired) electrons. The van der Waals surface area contributed by atoms with Gasteiger partial charge in [0.1, 0.15) is 0 Å². The zero-order valence-electron chi connectivity index (χ0n) is 18.7. The normalized spacial score (nSPS) is 11.4. The first-order valence-corrected chi connectivity index (χ1v) is 11.1. The topological polar surface area (TPSA) is 73.4 Å². The van der Waals surface area contributed by atoms with E-state index in [-0.39, 0.29) is 5.78 Å². The Morgan fingerprint density at radius 3 is 2.39 bits per heavy atom. The van der Waals surface area contributed by atoms with Crippen molar-refractivity contribution in [2.24, 2.45) is 0 Å². The van der Waals surface area contributed by atoms with E-state index in [2.05, 4.69) is 11.1 Å². The van der Waals surface area contributed by atoms with Crippen LogP contribution < -0.4 is 4.90 Å². The molecule has 0 spiro atoms. The number of carbonyl (C=O) groups is 2. The van der Waals surface area contributed by atoms with Crippen molar-refractivity contribution in [3.63, 3.8) is 0 Å². The summed E-state index contributed by atoms with van der Waals surface area (Å²) in [4.78, 5) is 27.2. The summed E-state index contributed by atoms with van der Waals surface area (Å²) in [5, 5.41) is 11.6. The maximum atomic E-state index is 11.5. The number of fused-ring (bicyclic) bond motifs is 1. The molecule has 1 unspecified atom stereocenters. The van der Waals surface area contributed by atoms with Gasteiger partial charge >= 0.3 is 0 Å². The zero-order chi connectivity index (χ0) is 23.8. The van der Waals surface area contributed by atoms with Crippen molar-refractivity contribution in [2.45, 2.75) is 26.4 Å². The molecule has 2 N–H and O–H groups in total. The summed E-state index contributed by atoms with van der Waals surface area (Å²) in [7, 11) is 0. The Kier molecular flexibility index (Phi) is 8.41. The third kappa shape index (κ3) is 6.09. The highest BCUT2D eigenvalue weighted by atomic mass is 35.5. The fourth-order valence-corrected chi connectivity index (χ4v) is 3.93. The van der Waals surface area contributed by atoms with E-state index < -0.39 is 6.10 Å². The van der Waals surface area contributed by atoms with Crippen LogP contribution >= 0.6 is 11.6 Å². The summed E-state index contributed by atoms with van der Waals surface area (Å²) < 4.78 is 0. The number of rotatable bonds is 7. The number of anilines is 1. The van der Waals surface area contributed by atoms with E-state index in [1.165, 1.54) is 17.9 Å². The molecule has 4 aromatic rings. The van der Waals surface area contributed by atoms with E-state index in [0.29, 0.717) is 17.1 Å². The third-order valence-corrected chi connectivity index (χ3v) is 5.70. The van der Waals surface area contributed by atoms with E-state index in [9.17, 15) is 14.7 Å². The number of benzene rings is 3. The van der Waals surface area contributed by atoms with Crippen LogP contribution in [0.3, 0.4) is 0 Å². The maximum Gasteiger partial charge on any atom is 0.214 e. The highest BCUT2D eigenvalue weighted by molar-refractivity contribution is 6.33. The van der Waals surface area contributed by atoms with Gasteiger partial charge in [0.2, 0.25) is 6.41 Å². The number of aromatic amines is 1. The monoisotopic (exact) mass is 462 g/mol. The summed E-state index contributed by atoms with van der Waals surface area (Å²) in [5.41, 5.74) is 4.39. The van der Waals surface area contributed by atoms with Crippen molar-refractivity contribution in [1.29, 1.82) is 0 Å². The number of halogens is 1. The van der Waals surface area contributed by atoms with Crippen molar-refractivity contribution in [1.82, 2.24) is 4.98 Å². The third-order valence-electron chi connectivity index (χ3n) is 5.37. The molecular weight excluding hydrogens is 436 g/mol. The lowest BCUT2D eigenvalue weighted by Gasteiger charge is -2.22. The van der Waals surface area contributed by atoms with Gasteiger partial charge in [0.25, 0.3) is 0 Å². The van der Waals surface area contributed by atoms with Gasteiger partial charge in [-0.05, 0) is 50.1 Å². The molecule has 1 atom stereocenters. The Morgan fingerprint density at radius 2 is 1.73 bits per heavy atom. The lowest BCUT2D eigenvalue weighted by atomic mass is 10.1. The molecule has 5 nitrogen and oxygen atoms in total. The number of nitrogens with one attached hydrogen (secondary N) is 1. The number of ketones is 1. The van der Waals surface area contributed by atoms with Crippen LogP contribution in [-0.2, 0) is 11.2 Å². The fraction of sp³-hybridized carbons (Fsp3) is 0.185. The Morgan fingerprint density at radius 1 is 1.06 bits per heavy atom. The molecule has 0 aliphatic rings. The standard InChI is InChI=1S/C19H20N2O2.C8H7ClO/c1-14(23)16-6-3-5-9-19(16)21(13-22)11-10-15-12-20-18-8-4-2-7-17(15)18;1-6(10)7-4-2-3-5-8(7)9/h2-9,12-14,20,23H,10-11H2,1H3;2-5H,1H3. The van der Waals surface area contributed by atoms with Gasteiger partial charge in [0.15, 0.2) is 5.78 Å². The first kappa shape index (κ1) is 24.2. The summed E-state index contributed by atoms with van der Waals surface area (Å²) >= 11 is 5.70. The minimum absolute atomic E-state index is 0.00519. The lowest BCUT2D eigenvalue weighted by Crippen LogP contribution is -2.25. The Labute approximate surface area is 198 Å². The molecule has 0 saturated carbocycles. The van der Waals surface area contributed by atoms with Crippen molar-refractivity contribution in [3.05, 3.63) is 101 Å². The fourth-order valence-electron chi connectivity index (χ4n) is 3.66. The quantitative estimate of drug-likeness (QED) is 0.262. The van der Waals surface area contributed by atoms with Gasteiger partial charge in [-0.3, -0.25) is 9.59 Å². The second kappa shape index (κ2) is 11.5. The molecule has 4 rings (SSSR count). The summed E-state index contributed by atoms with van der Waals surface area (Å²) in [6, 6.07) is 22.6. The molecule has 6 heteroatoms. The molecule has 0 aliphatic carbocycles. The molecule has 170 valence electrons. The van der Waals surface area contributed by atoms with E-state index >= 15 is 0 Å². The Bertz CT molecular complexity index is 1230. The molecule has 3 aromatic carbocycles. The number of aromatic nitrogens is 1. The van der Waals surface area contributed by atoms with Crippen molar-refractivity contribution in [3.8, 4) is 0 Å². The van der Waals surface area contributed by atoms with Crippen LogP contribution in [0.2, 0.25) is 5.02 Å². The van der Waals surface area contributed by atoms with E-state index in [1.807, 2.05) is 48.7 Å². The number of aliphatic hydroxyl groups is 1. The smallest absolute Gasteiger partial charge is 0.214 e. The van der Waals surface area contributed by atoms with Crippen LogP contribution in [0.25, 0.3) is 10.9 Å². The van der Waals surface area contributed by atoms with Crippen LogP contribution in [0.4, 0.5) is 5.69 Å². The maximum absolute atomic E-state index is 11.5. The van der Waals surface area contributed by atoms with Crippen molar-refractivity contribution in [2.75, 3.05) is 11.4 Å². The molecule has 1 amide bonds. The average Bonchev–Trinajstić information content (AvgIpc) is 3.23. The number of aliphatic hydroxyl groups excluding tert-OH is 1. The number of H-pyrrole nitrogens is 1. The molecule has 33 heavy (non-hydrogen) atoms. The average molecular weight is 463 g/mol. The molecule has 0 bridgehead atoms. The van der Waals surface area contributed by atoms with Crippen molar-refractivity contribution >= 4 is 40.4 Å². The number of Topliss-reactive ketones (excluding diaryl/α,β-unsaturated/α-hetero) is 1. The number of hydrogen-bond donors (Lipinski definition) is 2. The minimum Gasteiger partial charge on any atom is -0.389 e. The Hall–Kier alpha value is -3.41.